The van der Waals surface area contributed by atoms with Crippen LogP contribution in [0.25, 0.3) is 0 Å². The topological polar surface area (TPSA) is 63.6 Å². The van der Waals surface area contributed by atoms with Crippen molar-refractivity contribution in [2.75, 3.05) is 0 Å². The number of allylic oxidation sites excluding steroid dienone is 8. The first-order chi connectivity index (χ1) is 19.6. The summed E-state index contributed by atoms with van der Waals surface area (Å²) >= 11 is 0. The minimum atomic E-state index is -0.679. The number of rotatable bonds is 29. The van der Waals surface area contributed by atoms with E-state index in [0.29, 0.717) is 12.8 Å². The van der Waals surface area contributed by atoms with Crippen LogP contribution < -0.4 is 0 Å². The molecule has 0 aliphatic rings. The predicted octanol–water partition coefficient (Wildman–Crippen LogP) is 11.2. The van der Waals surface area contributed by atoms with Crippen molar-refractivity contribution in [2.24, 2.45) is 0 Å². The Morgan fingerprint density at radius 2 is 1.02 bits per heavy atom. The third kappa shape index (κ3) is 32.1. The molecule has 0 aromatic rings. The maximum absolute atomic E-state index is 12.1. The number of ether oxygens (including phenoxy) is 1. The van der Waals surface area contributed by atoms with Gasteiger partial charge in [0.1, 0.15) is 0 Å². The molecular weight excluding hydrogens is 496 g/mol. The van der Waals surface area contributed by atoms with E-state index in [1.54, 1.807) is 0 Å². The molecule has 0 amide bonds. The quantitative estimate of drug-likeness (QED) is 0.0563. The summed E-state index contributed by atoms with van der Waals surface area (Å²) in [6, 6.07) is 0. The van der Waals surface area contributed by atoms with E-state index < -0.39 is 5.97 Å². The standard InChI is InChI=1S/C36H62O4/c1-3-4-5-6-7-8-9-10-11-12-13-14-18-21-24-27-30-33-36(39)40-34(2)31-28-25-22-19-16-15-17-20-23-26-29-32-35(37)38/h7-8,10-11,13-14,21,24,34H,3-6,9,12,15-20,22-23,25-33H2,1-2H3,(H,37,38)/b8-7-,11-10-,14-13-,24-21-. The molecule has 0 spiro atoms. The van der Waals surface area contributed by atoms with Crippen molar-refractivity contribution < 1.29 is 19.4 Å². The number of carboxylic acid groups (broad SMARTS) is 1. The van der Waals surface area contributed by atoms with E-state index in [1.807, 2.05) is 6.92 Å². The van der Waals surface area contributed by atoms with Crippen molar-refractivity contribution in [3.8, 4) is 0 Å². The molecule has 0 radical (unpaired) electrons. The number of hydrogen-bond donors (Lipinski definition) is 1. The first kappa shape index (κ1) is 37.9. The highest BCUT2D eigenvalue weighted by atomic mass is 16.5. The first-order valence-corrected chi connectivity index (χ1v) is 16.6. The van der Waals surface area contributed by atoms with Crippen molar-refractivity contribution in [1.82, 2.24) is 0 Å². The zero-order valence-electron chi connectivity index (χ0n) is 26.1. The van der Waals surface area contributed by atoms with Gasteiger partial charge in [0.15, 0.2) is 0 Å². The van der Waals surface area contributed by atoms with Gasteiger partial charge in [-0.15, -0.1) is 0 Å². The lowest BCUT2D eigenvalue weighted by Crippen LogP contribution is -2.14. The predicted molar refractivity (Wildman–Crippen MR) is 172 cm³/mol. The van der Waals surface area contributed by atoms with Crippen molar-refractivity contribution in [3.05, 3.63) is 48.6 Å². The van der Waals surface area contributed by atoms with Crippen LogP contribution in [0.15, 0.2) is 48.6 Å². The van der Waals surface area contributed by atoms with Crippen molar-refractivity contribution in [2.45, 2.75) is 168 Å². The third-order valence-corrected chi connectivity index (χ3v) is 7.04. The van der Waals surface area contributed by atoms with Gasteiger partial charge in [-0.1, -0.05) is 126 Å². The third-order valence-electron chi connectivity index (χ3n) is 7.04. The highest BCUT2D eigenvalue weighted by Crippen LogP contribution is 2.14. The highest BCUT2D eigenvalue weighted by molar-refractivity contribution is 5.69. The number of carboxylic acids is 1. The molecule has 0 aliphatic carbocycles. The maximum Gasteiger partial charge on any atom is 0.306 e. The van der Waals surface area contributed by atoms with E-state index in [9.17, 15) is 9.59 Å². The molecule has 0 aromatic carbocycles. The molecule has 230 valence electrons. The van der Waals surface area contributed by atoms with Crippen LogP contribution in [-0.2, 0) is 14.3 Å². The molecule has 0 saturated heterocycles. The normalized spacial score (nSPS) is 12.8. The summed E-state index contributed by atoms with van der Waals surface area (Å²) in [6.45, 7) is 4.26. The van der Waals surface area contributed by atoms with E-state index in [4.69, 9.17) is 9.84 Å². The van der Waals surface area contributed by atoms with Gasteiger partial charge in [0.25, 0.3) is 0 Å². The zero-order valence-corrected chi connectivity index (χ0v) is 26.1. The minimum absolute atomic E-state index is 0.0187. The lowest BCUT2D eigenvalue weighted by atomic mass is 10.0. The van der Waals surface area contributed by atoms with Gasteiger partial charge in [-0.05, 0) is 71.1 Å². The van der Waals surface area contributed by atoms with E-state index in [0.717, 1.165) is 64.2 Å². The van der Waals surface area contributed by atoms with E-state index in [-0.39, 0.29) is 12.1 Å². The van der Waals surface area contributed by atoms with Gasteiger partial charge in [-0.3, -0.25) is 9.59 Å². The number of hydrogen-bond acceptors (Lipinski definition) is 3. The van der Waals surface area contributed by atoms with Gasteiger partial charge in [0, 0.05) is 12.8 Å². The number of esters is 1. The Bertz CT molecular complexity index is 689. The lowest BCUT2D eigenvalue weighted by Gasteiger charge is -2.13. The van der Waals surface area contributed by atoms with E-state index in [1.165, 1.54) is 70.6 Å². The molecule has 0 aliphatic heterocycles. The molecule has 1 unspecified atom stereocenters. The molecule has 0 saturated carbocycles. The molecule has 0 heterocycles. The Hall–Kier alpha value is -2.10. The Morgan fingerprint density at radius 1 is 0.575 bits per heavy atom. The Kier molecular flexibility index (Phi) is 29.8. The first-order valence-electron chi connectivity index (χ1n) is 16.6. The summed E-state index contributed by atoms with van der Waals surface area (Å²) in [5.74, 6) is -0.743. The SMILES string of the molecule is CCCCC/C=C\C/C=C\C/C=C\C/C=C\CCCC(=O)OC(C)CCCCCCCCCCCCCC(=O)O. The smallest absolute Gasteiger partial charge is 0.306 e. The molecule has 0 bridgehead atoms. The second-order valence-electron chi connectivity index (χ2n) is 11.1. The largest absolute Gasteiger partial charge is 0.481 e. The van der Waals surface area contributed by atoms with Crippen LogP contribution in [0.4, 0.5) is 0 Å². The molecular formula is C36H62O4. The number of unbranched alkanes of at least 4 members (excludes halogenated alkanes) is 14. The van der Waals surface area contributed by atoms with Crippen LogP contribution in [0, 0.1) is 0 Å². The highest BCUT2D eigenvalue weighted by Gasteiger charge is 2.08. The molecule has 0 fully saturated rings. The molecule has 1 N–H and O–H groups in total. The molecule has 0 rings (SSSR count). The number of aliphatic carboxylic acids is 1. The molecule has 4 heteroatoms. The second-order valence-corrected chi connectivity index (χ2v) is 11.1. The minimum Gasteiger partial charge on any atom is -0.481 e. The van der Waals surface area contributed by atoms with Crippen LogP contribution in [-0.4, -0.2) is 23.1 Å². The Labute approximate surface area is 247 Å². The van der Waals surface area contributed by atoms with E-state index >= 15 is 0 Å². The average Bonchev–Trinajstić information content (AvgIpc) is 2.92. The van der Waals surface area contributed by atoms with E-state index in [2.05, 4.69) is 55.5 Å². The summed E-state index contributed by atoms with van der Waals surface area (Å²) in [5, 5.41) is 8.63. The Balaban J connectivity index is 3.49. The van der Waals surface area contributed by atoms with Crippen molar-refractivity contribution in [1.29, 1.82) is 0 Å². The van der Waals surface area contributed by atoms with Gasteiger partial charge in [0.05, 0.1) is 6.10 Å². The molecule has 0 aromatic heterocycles. The Morgan fingerprint density at radius 3 is 1.52 bits per heavy atom. The van der Waals surface area contributed by atoms with Crippen LogP contribution in [0.5, 0.6) is 0 Å². The van der Waals surface area contributed by atoms with Crippen LogP contribution in [0.1, 0.15) is 162 Å². The fourth-order valence-corrected chi connectivity index (χ4v) is 4.57. The average molecular weight is 559 g/mol. The molecule has 40 heavy (non-hydrogen) atoms. The van der Waals surface area contributed by atoms with Crippen molar-refractivity contribution >= 4 is 11.9 Å². The van der Waals surface area contributed by atoms with Crippen LogP contribution >= 0.6 is 0 Å². The van der Waals surface area contributed by atoms with Gasteiger partial charge >= 0.3 is 11.9 Å². The van der Waals surface area contributed by atoms with Crippen LogP contribution in [0.3, 0.4) is 0 Å². The number of carbonyl (C=O) groups excluding carboxylic acids is 1. The molecule has 4 nitrogen and oxygen atoms in total. The summed E-state index contributed by atoms with van der Waals surface area (Å²) in [5.41, 5.74) is 0. The fraction of sp³-hybridized carbons (Fsp3) is 0.722. The summed E-state index contributed by atoms with van der Waals surface area (Å²) < 4.78 is 5.57. The molecule has 1 atom stereocenters. The summed E-state index contributed by atoms with van der Waals surface area (Å²) in [6.07, 6.45) is 42.4. The second kappa shape index (κ2) is 31.4. The lowest BCUT2D eigenvalue weighted by molar-refractivity contribution is -0.148. The van der Waals surface area contributed by atoms with Gasteiger partial charge in [0.2, 0.25) is 0 Å². The van der Waals surface area contributed by atoms with Crippen LogP contribution in [0.2, 0.25) is 0 Å². The summed E-state index contributed by atoms with van der Waals surface area (Å²) in [7, 11) is 0. The monoisotopic (exact) mass is 558 g/mol. The maximum atomic E-state index is 12.1. The van der Waals surface area contributed by atoms with Crippen molar-refractivity contribution in [3.63, 3.8) is 0 Å². The fourth-order valence-electron chi connectivity index (χ4n) is 4.57. The van der Waals surface area contributed by atoms with Gasteiger partial charge < -0.3 is 9.84 Å². The number of carbonyl (C=O) groups is 2. The zero-order chi connectivity index (χ0) is 29.4. The van der Waals surface area contributed by atoms with Gasteiger partial charge in [-0.2, -0.15) is 0 Å². The summed E-state index contributed by atoms with van der Waals surface area (Å²) in [4.78, 5) is 22.5. The van der Waals surface area contributed by atoms with Gasteiger partial charge in [-0.25, -0.2) is 0 Å².